The molecular formula is C33F9N9O3. The maximum absolute atomic E-state index is 16.6. The molecule has 0 spiro atoms. The molecule has 1 aromatic carbocycles. The van der Waals surface area contributed by atoms with E-state index in [9.17, 15) is 29.0 Å². The lowest BCUT2D eigenvalue weighted by molar-refractivity contribution is 0.350. The number of halogens is 9. The summed E-state index contributed by atoms with van der Waals surface area (Å²) in [6, 6.07) is 2.18. The molecule has 0 fully saturated rings. The van der Waals surface area contributed by atoms with E-state index in [1.807, 2.05) is 0 Å². The van der Waals surface area contributed by atoms with Gasteiger partial charge in [0.15, 0.2) is 0 Å². The molecule has 54 heavy (non-hydrogen) atoms. The van der Waals surface area contributed by atoms with Crippen molar-refractivity contribution in [3.05, 3.63) is 101 Å². The third-order valence-electron chi connectivity index (χ3n) is 7.94. The fourth-order valence-electron chi connectivity index (χ4n) is 5.83. The second-order valence-corrected chi connectivity index (χ2v) is 10.5. The highest BCUT2D eigenvalue weighted by Crippen LogP contribution is 2.37. The van der Waals surface area contributed by atoms with Crippen LogP contribution in [0.1, 0.15) is 34.8 Å². The molecule has 0 radical (unpaired) electrons. The molecule has 3 aromatic heterocycles. The number of hydrogen-bond donors (Lipinski definition) is 0. The predicted molar refractivity (Wildman–Crippen MR) is 152 cm³/mol. The van der Waals surface area contributed by atoms with Crippen LogP contribution < -0.4 is 31.3 Å². The van der Waals surface area contributed by atoms with E-state index in [-0.39, 0.29) is 0 Å². The van der Waals surface area contributed by atoms with Crippen LogP contribution >= 0.6 is 0 Å². The van der Waals surface area contributed by atoms with Crippen LogP contribution in [0.4, 0.5) is 39.5 Å². The van der Waals surface area contributed by atoms with Gasteiger partial charge in [-0.1, -0.05) is 0 Å². The van der Waals surface area contributed by atoms with E-state index in [0.717, 1.165) is 0 Å². The van der Waals surface area contributed by atoms with Gasteiger partial charge in [-0.15, -0.1) is 0 Å². The van der Waals surface area contributed by atoms with Crippen molar-refractivity contribution >= 4 is 51.7 Å². The summed E-state index contributed by atoms with van der Waals surface area (Å²) in [6.07, 6.45) is 0. The molecule has 258 valence electrons. The maximum Gasteiger partial charge on any atom is 0.316 e. The summed E-state index contributed by atoms with van der Waals surface area (Å²) in [7, 11) is 0. The number of allylic oxidation sites excluding steroid dienone is 6. The van der Waals surface area contributed by atoms with Crippen molar-refractivity contribution in [3.63, 3.8) is 0 Å². The molecule has 0 unspecified atom stereocenters. The molecule has 0 amide bonds. The normalized spacial score (nSPS) is 13.9. The maximum atomic E-state index is 16.6. The topological polar surface area (TPSA) is 221 Å². The SMILES string of the molecule is N#CC(=C1C(F)=c2c3c(c4c(c2=C1F)=C(F)C(=C(C#N)c1nc(C#N)c(F)o1)C=4F)=C(F)C(=C(C#N)c1nc(C#N)c(F)o1)C=3F)c1nc(C#N)c(F)o1. The van der Waals surface area contributed by atoms with Crippen LogP contribution in [0.2, 0.25) is 0 Å². The molecule has 0 saturated heterocycles. The summed E-state index contributed by atoms with van der Waals surface area (Å²) >= 11 is 0. The van der Waals surface area contributed by atoms with E-state index < -0.39 is 153 Å². The van der Waals surface area contributed by atoms with Gasteiger partial charge in [-0.2, -0.15) is 59.7 Å². The van der Waals surface area contributed by atoms with Crippen molar-refractivity contribution < 1.29 is 52.8 Å². The molecular weight excluding hydrogens is 741 g/mol. The summed E-state index contributed by atoms with van der Waals surface area (Å²) in [6.45, 7) is 0. The third kappa shape index (κ3) is 4.30. The highest BCUT2D eigenvalue weighted by Gasteiger charge is 2.39. The van der Waals surface area contributed by atoms with Crippen LogP contribution in [0.3, 0.4) is 0 Å². The van der Waals surface area contributed by atoms with E-state index in [2.05, 4.69) is 28.2 Å². The Hall–Kier alpha value is -8.40. The van der Waals surface area contributed by atoms with E-state index in [0.29, 0.717) is 0 Å². The van der Waals surface area contributed by atoms with Crippen molar-refractivity contribution in [2.75, 3.05) is 0 Å². The van der Waals surface area contributed by atoms with Gasteiger partial charge in [0.05, 0.1) is 16.7 Å². The fraction of sp³-hybridized carbons (Fsp3) is 0. The summed E-state index contributed by atoms with van der Waals surface area (Å²) in [5.74, 6) is -16.0. The first-order valence-corrected chi connectivity index (χ1v) is 13.9. The number of oxazole rings is 3. The van der Waals surface area contributed by atoms with Crippen LogP contribution in [0, 0.1) is 86.0 Å². The van der Waals surface area contributed by atoms with Gasteiger partial charge in [-0.05, 0) is 0 Å². The first kappa shape index (κ1) is 34.1. The quantitative estimate of drug-likeness (QED) is 0.218. The fourth-order valence-corrected chi connectivity index (χ4v) is 5.83. The molecule has 0 bridgehead atoms. The number of nitrogens with zero attached hydrogens (tertiary/aromatic N) is 9. The average Bonchev–Trinajstić information content (AvgIpc) is 3.98. The van der Waals surface area contributed by atoms with Gasteiger partial charge in [-0.3, -0.25) is 0 Å². The molecule has 7 rings (SSSR count). The van der Waals surface area contributed by atoms with E-state index in [1.165, 1.54) is 36.4 Å². The van der Waals surface area contributed by atoms with Gasteiger partial charge in [0.25, 0.3) is 0 Å². The molecule has 12 nitrogen and oxygen atoms in total. The molecule has 0 saturated carbocycles. The molecule has 3 aliphatic carbocycles. The Bertz CT molecular complexity index is 2850. The van der Waals surface area contributed by atoms with Crippen LogP contribution in [-0.4, -0.2) is 15.0 Å². The van der Waals surface area contributed by atoms with Gasteiger partial charge < -0.3 is 13.3 Å². The summed E-state index contributed by atoms with van der Waals surface area (Å²) in [5, 5.41) is 47.9. The highest BCUT2D eigenvalue weighted by molar-refractivity contribution is 6.03. The Morgan fingerprint density at radius 3 is 0.722 bits per heavy atom. The minimum absolute atomic E-state index is 1.11. The second-order valence-electron chi connectivity index (χ2n) is 10.5. The molecule has 0 aliphatic heterocycles. The number of fused-ring (bicyclic) bond motifs is 6. The van der Waals surface area contributed by atoms with Gasteiger partial charge in [0.1, 0.15) is 88.1 Å². The second kappa shape index (κ2) is 11.8. The first-order valence-electron chi connectivity index (χ1n) is 13.9. The zero-order valence-corrected chi connectivity index (χ0v) is 25.2. The number of rotatable bonds is 3. The van der Waals surface area contributed by atoms with Gasteiger partial charge in [0.2, 0.25) is 34.8 Å². The van der Waals surface area contributed by atoms with Crippen molar-refractivity contribution in [3.8, 4) is 36.4 Å². The van der Waals surface area contributed by atoms with Crippen LogP contribution in [0.25, 0.3) is 51.7 Å². The first-order chi connectivity index (χ1) is 25.8. The van der Waals surface area contributed by atoms with Gasteiger partial charge >= 0.3 is 18.0 Å². The number of benzene rings is 1. The number of nitriles is 6. The Morgan fingerprint density at radius 2 is 0.574 bits per heavy atom. The molecule has 21 heteroatoms. The summed E-state index contributed by atoms with van der Waals surface area (Å²) in [5.41, 5.74) is -12.1. The van der Waals surface area contributed by atoms with Gasteiger partial charge in [0, 0.05) is 31.3 Å². The summed E-state index contributed by atoms with van der Waals surface area (Å²) < 4.78 is 156. The Morgan fingerprint density at radius 1 is 0.370 bits per heavy atom. The van der Waals surface area contributed by atoms with Crippen molar-refractivity contribution in [2.45, 2.75) is 0 Å². The Kier molecular flexibility index (Phi) is 7.47. The van der Waals surface area contributed by atoms with Crippen LogP contribution in [0.5, 0.6) is 0 Å². The Labute approximate surface area is 288 Å². The molecule has 0 atom stereocenters. The standard InChI is InChI=1S/C33F9N9O3/c34-22-13(7(1-43)31-49-10(4-46)28(40)52-31)23(35)17-16(22)18-20(26(38)14(24(18)36)8(2-44)32-50-11(5-47)29(41)53-32)21-19(17)25(37)15(27(21)39)9(3-45)33-51-12(6-48)30(42)54-33. The lowest BCUT2D eigenvalue weighted by atomic mass is 10.1. The minimum atomic E-state index is -2.05. The predicted octanol–water partition coefficient (Wildman–Crippen LogP) is 2.12. The van der Waals surface area contributed by atoms with Crippen molar-refractivity contribution in [1.29, 1.82) is 31.6 Å². The van der Waals surface area contributed by atoms with Crippen LogP contribution in [-0.2, 0) is 0 Å². The number of hydrogen-bond acceptors (Lipinski definition) is 12. The third-order valence-corrected chi connectivity index (χ3v) is 7.94. The monoisotopic (exact) mass is 741 g/mol. The molecule has 4 aromatic rings. The van der Waals surface area contributed by atoms with E-state index in [1.54, 1.807) is 0 Å². The molecule has 3 heterocycles. The Balaban J connectivity index is 1.79. The van der Waals surface area contributed by atoms with Crippen LogP contribution in [0.15, 0.2) is 30.0 Å². The van der Waals surface area contributed by atoms with E-state index >= 15 is 26.3 Å². The molecule has 0 N–H and O–H groups in total. The smallest absolute Gasteiger partial charge is 0.316 e. The van der Waals surface area contributed by atoms with Crippen molar-refractivity contribution in [2.24, 2.45) is 0 Å². The highest BCUT2D eigenvalue weighted by atomic mass is 19.2. The summed E-state index contributed by atoms with van der Waals surface area (Å²) in [4.78, 5) is 9.92. The minimum Gasteiger partial charge on any atom is -0.409 e. The molecule has 3 aliphatic rings. The van der Waals surface area contributed by atoms with Crippen molar-refractivity contribution in [1.82, 2.24) is 15.0 Å². The zero-order chi connectivity index (χ0) is 39.1. The lowest BCUT2D eigenvalue weighted by Gasteiger charge is -2.00. The average molecular weight is 741 g/mol. The zero-order valence-electron chi connectivity index (χ0n) is 25.2. The lowest BCUT2D eigenvalue weighted by Crippen LogP contribution is -2.64. The van der Waals surface area contributed by atoms with Gasteiger partial charge in [-0.25, -0.2) is 26.3 Å². The number of aromatic nitrogens is 3. The van der Waals surface area contributed by atoms with E-state index in [4.69, 9.17) is 15.8 Å². The largest absolute Gasteiger partial charge is 0.409 e.